The molecule has 1 aliphatic heterocycles. The van der Waals surface area contributed by atoms with Gasteiger partial charge >= 0.3 is 130 Å². The number of benzene rings is 2. The van der Waals surface area contributed by atoms with E-state index in [4.69, 9.17) is 0 Å². The second kappa shape index (κ2) is 6.26. The fourth-order valence-corrected chi connectivity index (χ4v) is 13.3. The van der Waals surface area contributed by atoms with Crippen LogP contribution >= 0.6 is 0 Å². The van der Waals surface area contributed by atoms with Crippen LogP contribution in [0.4, 0.5) is 0 Å². The maximum absolute atomic E-state index is 2.45. The maximum Gasteiger partial charge on any atom is -1.00 e. The van der Waals surface area contributed by atoms with Crippen LogP contribution in [0.1, 0.15) is 21.8 Å². The number of allylic oxidation sites excluding steroid dienone is 4. The SMILES string of the molecule is C1=CC[C]([Ti+2]2([CH]3c4ccccc4-c4ccccc43)[CH2][CH2]2)=C1.[Cl-].[Cl-]. The fourth-order valence-electron chi connectivity index (χ4n) is 4.50. The van der Waals surface area contributed by atoms with Gasteiger partial charge in [0.1, 0.15) is 0 Å². The normalized spacial score (nSPS) is 17.8. The van der Waals surface area contributed by atoms with Crippen molar-refractivity contribution in [2.24, 2.45) is 0 Å². The van der Waals surface area contributed by atoms with Crippen molar-refractivity contribution in [1.82, 2.24) is 0 Å². The number of hydrogen-bond acceptors (Lipinski definition) is 0. The second-order valence-corrected chi connectivity index (χ2v) is 13.7. The van der Waals surface area contributed by atoms with Crippen LogP contribution in [0.3, 0.4) is 0 Å². The van der Waals surface area contributed by atoms with Crippen LogP contribution in [0.15, 0.2) is 70.6 Å². The largest absolute Gasteiger partial charge is 1.00 e. The molecule has 0 N–H and O–H groups in total. The molecule has 3 heteroatoms. The number of fused-ring (bicyclic) bond motifs is 3. The van der Waals surface area contributed by atoms with Crippen LogP contribution in [-0.4, -0.2) is 0 Å². The zero-order valence-electron chi connectivity index (χ0n) is 12.8. The van der Waals surface area contributed by atoms with Gasteiger partial charge in [0.2, 0.25) is 0 Å². The summed E-state index contributed by atoms with van der Waals surface area (Å²) in [5.41, 5.74) is 6.26. The minimum Gasteiger partial charge on any atom is -1.00 e. The van der Waals surface area contributed by atoms with Gasteiger partial charge in [-0.05, 0) is 0 Å². The summed E-state index contributed by atoms with van der Waals surface area (Å²) in [5, 5.41) is 0. The summed E-state index contributed by atoms with van der Waals surface area (Å²) in [6.07, 6.45) is 8.33. The molecule has 0 saturated carbocycles. The van der Waals surface area contributed by atoms with E-state index in [1.807, 2.05) is 3.88 Å². The minimum absolute atomic E-state index is 0. The summed E-state index contributed by atoms with van der Waals surface area (Å²) in [6, 6.07) is 18.3. The topological polar surface area (TPSA) is 0 Å². The Morgan fingerprint density at radius 2 is 1.35 bits per heavy atom. The van der Waals surface area contributed by atoms with Gasteiger partial charge in [0, 0.05) is 0 Å². The molecule has 0 nitrogen and oxygen atoms in total. The Kier molecular flexibility index (Phi) is 4.64. The number of halogens is 2. The van der Waals surface area contributed by atoms with Gasteiger partial charge in [-0.1, -0.05) is 0 Å². The van der Waals surface area contributed by atoms with Crippen LogP contribution in [-0.2, 0) is 16.6 Å². The molecule has 0 atom stereocenters. The Morgan fingerprint density at radius 1 is 0.783 bits per heavy atom. The van der Waals surface area contributed by atoms with Gasteiger partial charge in [-0.15, -0.1) is 0 Å². The third-order valence-corrected chi connectivity index (χ3v) is 13.3. The standard InChI is InChI=1S/C13H9.C5H5.C2H4.2ClH.Ti/c1-3-7-12-10(5-1)9-11-6-2-4-8-13(11)12;1-2-4-5-3-1;1-2;;;/h1-9H;1-3H,4H2;1-2H2;2*1H;/q;;;;;+2/p-2. The Balaban J connectivity index is 0.000000781. The fraction of sp³-hybridized carbons (Fsp3) is 0.200. The van der Waals surface area contributed by atoms with Crippen molar-refractivity contribution in [3.05, 3.63) is 81.8 Å². The molecule has 0 bridgehead atoms. The first-order valence-corrected chi connectivity index (χ1v) is 11.8. The molecule has 0 spiro atoms. The predicted molar refractivity (Wildman–Crippen MR) is 85.2 cm³/mol. The van der Waals surface area contributed by atoms with E-state index in [2.05, 4.69) is 66.8 Å². The van der Waals surface area contributed by atoms with E-state index in [1.54, 1.807) is 11.1 Å². The molecule has 3 aliphatic rings. The summed E-state index contributed by atoms with van der Waals surface area (Å²) in [7, 11) is 0. The van der Waals surface area contributed by atoms with Gasteiger partial charge in [0.15, 0.2) is 0 Å². The van der Waals surface area contributed by atoms with Crippen molar-refractivity contribution in [3.8, 4) is 11.1 Å². The number of rotatable bonds is 2. The van der Waals surface area contributed by atoms with Crippen LogP contribution in [0.5, 0.6) is 0 Å². The molecule has 116 valence electrons. The average Bonchev–Trinajstić information content (AvgIpc) is 3.02. The number of hydrogen-bond donors (Lipinski definition) is 0. The van der Waals surface area contributed by atoms with Gasteiger partial charge in [0.25, 0.3) is 0 Å². The van der Waals surface area contributed by atoms with Crippen molar-refractivity contribution in [2.45, 2.75) is 20.1 Å². The Labute approximate surface area is 153 Å². The monoisotopic (exact) mass is 376 g/mol. The van der Waals surface area contributed by atoms with E-state index in [-0.39, 0.29) is 24.8 Å². The Morgan fingerprint density at radius 3 is 1.83 bits per heavy atom. The van der Waals surface area contributed by atoms with Crippen molar-refractivity contribution in [2.75, 3.05) is 0 Å². The van der Waals surface area contributed by atoms with Crippen molar-refractivity contribution in [1.29, 1.82) is 0 Å². The molecule has 2 aliphatic carbocycles. The van der Waals surface area contributed by atoms with E-state index >= 15 is 0 Å². The Bertz CT molecular complexity index is 757. The van der Waals surface area contributed by atoms with E-state index in [0.29, 0.717) is 0 Å². The van der Waals surface area contributed by atoms with Crippen LogP contribution in [0.2, 0.25) is 9.45 Å². The van der Waals surface area contributed by atoms with Gasteiger partial charge < -0.3 is 24.8 Å². The van der Waals surface area contributed by atoms with Gasteiger partial charge in [-0.2, -0.15) is 0 Å². The third-order valence-electron chi connectivity index (χ3n) is 5.59. The second-order valence-electron chi connectivity index (χ2n) is 6.59. The molecular formula is C20H18Cl2Ti. The molecular weight excluding hydrogens is 359 g/mol. The van der Waals surface area contributed by atoms with Crippen molar-refractivity contribution >= 4 is 0 Å². The molecule has 1 heterocycles. The molecule has 5 rings (SSSR count). The summed E-state index contributed by atoms with van der Waals surface area (Å²) < 4.78 is 5.65. The predicted octanol–water partition coefficient (Wildman–Crippen LogP) is -0.388. The summed E-state index contributed by atoms with van der Waals surface area (Å²) in [6.45, 7) is 0. The molecule has 23 heavy (non-hydrogen) atoms. The molecule has 0 amide bonds. The summed E-state index contributed by atoms with van der Waals surface area (Å²) in [4.78, 5) is 0. The first-order chi connectivity index (χ1) is 10.4. The minimum atomic E-state index is -1.88. The third kappa shape index (κ3) is 2.39. The van der Waals surface area contributed by atoms with E-state index < -0.39 is 16.6 Å². The molecule has 1 fully saturated rings. The van der Waals surface area contributed by atoms with Gasteiger partial charge in [0.05, 0.1) is 0 Å². The van der Waals surface area contributed by atoms with Crippen LogP contribution in [0, 0.1) is 0 Å². The van der Waals surface area contributed by atoms with Gasteiger partial charge in [-0.25, -0.2) is 0 Å². The van der Waals surface area contributed by atoms with Crippen molar-refractivity contribution < 1.29 is 41.4 Å². The molecule has 2 aromatic rings. The Hall–Kier alpha value is -0.786. The van der Waals surface area contributed by atoms with Crippen LogP contribution < -0.4 is 24.8 Å². The van der Waals surface area contributed by atoms with Gasteiger partial charge in [-0.3, -0.25) is 0 Å². The molecule has 0 unspecified atom stereocenters. The van der Waals surface area contributed by atoms with E-state index in [0.717, 1.165) is 4.22 Å². The zero-order valence-corrected chi connectivity index (χ0v) is 15.9. The molecule has 0 radical (unpaired) electrons. The van der Waals surface area contributed by atoms with E-state index in [9.17, 15) is 0 Å². The molecule has 2 aromatic carbocycles. The average molecular weight is 377 g/mol. The van der Waals surface area contributed by atoms with Crippen molar-refractivity contribution in [3.63, 3.8) is 0 Å². The smallest absolute Gasteiger partial charge is 1.00 e. The van der Waals surface area contributed by atoms with Crippen LogP contribution in [0.25, 0.3) is 11.1 Å². The maximum atomic E-state index is 2.45. The van der Waals surface area contributed by atoms with E-state index in [1.165, 1.54) is 27.0 Å². The summed E-state index contributed by atoms with van der Waals surface area (Å²) >= 11 is -1.88. The first kappa shape index (κ1) is 17.1. The zero-order chi connectivity index (χ0) is 13.9. The quantitative estimate of drug-likeness (QED) is 0.626. The molecule has 1 saturated heterocycles. The summed E-state index contributed by atoms with van der Waals surface area (Å²) in [5.74, 6) is 0. The molecule has 0 aromatic heterocycles. The first-order valence-electron chi connectivity index (χ1n) is 7.94.